The number of nitrogens with zero attached hydrogens (tertiary/aromatic N) is 4. The molecule has 8 nitrogen and oxygen atoms in total. The third-order valence-corrected chi connectivity index (χ3v) is 6.59. The third-order valence-electron chi connectivity index (χ3n) is 5.48. The monoisotopic (exact) mass is 435 g/mol. The molecule has 1 aliphatic heterocycles. The molecule has 1 fully saturated rings. The van der Waals surface area contributed by atoms with Crippen LogP contribution in [0.1, 0.15) is 34.5 Å². The number of pyridine rings is 1. The van der Waals surface area contributed by atoms with E-state index in [1.165, 1.54) is 17.8 Å². The van der Waals surface area contributed by atoms with Crippen molar-refractivity contribution in [2.24, 2.45) is 0 Å². The number of hydrogen-bond acceptors (Lipinski definition) is 7. The van der Waals surface area contributed by atoms with Crippen molar-refractivity contribution in [3.63, 3.8) is 0 Å². The Morgan fingerprint density at radius 1 is 1.23 bits per heavy atom. The predicted octanol–water partition coefficient (Wildman–Crippen LogP) is 3.50. The number of carbonyl (C=O) groups is 1. The van der Waals surface area contributed by atoms with Crippen LogP contribution in [0.15, 0.2) is 47.1 Å². The molecule has 0 radical (unpaired) electrons. The lowest BCUT2D eigenvalue weighted by Gasteiger charge is -2.17. The number of nitrogens with two attached hydrogens (primary N) is 1. The number of anilines is 2. The first-order valence-electron chi connectivity index (χ1n) is 10.3. The summed E-state index contributed by atoms with van der Waals surface area (Å²) in [6, 6.07) is 12.0. The first kappa shape index (κ1) is 19.5. The Labute approximate surface area is 183 Å². The molecule has 4 heterocycles. The Hall–Kier alpha value is -3.46. The number of rotatable bonds is 4. The van der Waals surface area contributed by atoms with Crippen LogP contribution in [0.3, 0.4) is 0 Å². The van der Waals surface area contributed by atoms with Gasteiger partial charge in [0.15, 0.2) is 0 Å². The summed E-state index contributed by atoms with van der Waals surface area (Å²) in [5, 5.41) is 9.67. The molecule has 1 saturated heterocycles. The van der Waals surface area contributed by atoms with Gasteiger partial charge in [-0.1, -0.05) is 30.3 Å². The summed E-state index contributed by atoms with van der Waals surface area (Å²) in [5.41, 5.74) is 9.68. The van der Waals surface area contributed by atoms with Crippen molar-refractivity contribution in [2.45, 2.75) is 26.2 Å². The van der Waals surface area contributed by atoms with Crippen LogP contribution in [0, 0.1) is 6.92 Å². The molecule has 1 aromatic carbocycles. The van der Waals surface area contributed by atoms with Gasteiger partial charge in [0.25, 0.3) is 12.1 Å². The summed E-state index contributed by atoms with van der Waals surface area (Å²) < 4.78 is 5.31. The molecule has 31 heavy (non-hydrogen) atoms. The molecule has 0 bridgehead atoms. The van der Waals surface area contributed by atoms with Gasteiger partial charge in [0, 0.05) is 10.9 Å². The number of fused-ring (bicyclic) bond motifs is 1. The van der Waals surface area contributed by atoms with Gasteiger partial charge in [0.2, 0.25) is 5.27 Å². The molecule has 0 saturated carbocycles. The van der Waals surface area contributed by atoms with Crippen LogP contribution >= 0.6 is 11.3 Å². The van der Waals surface area contributed by atoms with Crippen molar-refractivity contribution in [1.29, 1.82) is 0 Å². The maximum atomic E-state index is 12.9. The van der Waals surface area contributed by atoms with Crippen molar-refractivity contribution in [1.82, 2.24) is 10.3 Å². The number of nitrogen functional groups attached to an aromatic ring is 1. The Kier molecular flexibility index (Phi) is 5.03. The molecule has 3 aromatic heterocycles. The summed E-state index contributed by atoms with van der Waals surface area (Å²) in [6.45, 7) is 3.84. The lowest BCUT2D eigenvalue weighted by Crippen LogP contribution is -2.60. The fraction of sp³-hybridized carbons (Fsp3) is 0.273. The van der Waals surface area contributed by atoms with Crippen LogP contribution < -0.4 is 20.9 Å². The zero-order valence-corrected chi connectivity index (χ0v) is 18.0. The van der Waals surface area contributed by atoms with E-state index in [0.717, 1.165) is 53.0 Å². The highest BCUT2D eigenvalue weighted by atomic mass is 32.1. The summed E-state index contributed by atoms with van der Waals surface area (Å²) in [7, 11) is 0. The summed E-state index contributed by atoms with van der Waals surface area (Å²) in [6.07, 6.45) is 5.15. The lowest BCUT2D eigenvalue weighted by molar-refractivity contribution is -0.759. The van der Waals surface area contributed by atoms with Gasteiger partial charge in [-0.05, 0) is 37.8 Å². The lowest BCUT2D eigenvalue weighted by atomic mass is 10.1. The van der Waals surface area contributed by atoms with Crippen molar-refractivity contribution >= 4 is 39.0 Å². The maximum absolute atomic E-state index is 12.9. The second kappa shape index (κ2) is 7.99. The molecule has 4 aromatic rings. The van der Waals surface area contributed by atoms with Crippen LogP contribution in [0.2, 0.25) is 0 Å². The van der Waals surface area contributed by atoms with Gasteiger partial charge in [-0.15, -0.1) is 11.3 Å². The van der Waals surface area contributed by atoms with Gasteiger partial charge in [0.1, 0.15) is 9.71 Å². The van der Waals surface area contributed by atoms with E-state index in [9.17, 15) is 4.79 Å². The summed E-state index contributed by atoms with van der Waals surface area (Å²) >= 11 is 1.28. The molecule has 1 amide bonds. The van der Waals surface area contributed by atoms with E-state index < -0.39 is 0 Å². The number of benzene rings is 1. The van der Waals surface area contributed by atoms with Gasteiger partial charge in [-0.3, -0.25) is 14.6 Å². The van der Waals surface area contributed by atoms with Crippen molar-refractivity contribution < 1.29 is 14.1 Å². The highest BCUT2D eigenvalue weighted by Crippen LogP contribution is 2.36. The van der Waals surface area contributed by atoms with E-state index in [1.807, 2.05) is 43.3 Å². The van der Waals surface area contributed by atoms with Gasteiger partial charge in [-0.25, -0.2) is 4.98 Å². The van der Waals surface area contributed by atoms with Crippen LogP contribution in [0.4, 0.5) is 11.6 Å². The molecule has 0 aliphatic carbocycles. The SMILES string of the molecule is Cc1cc2c(N)c(C(=O)Nc3c[n+](N4CCCCC4)no3)sc2nc1-c1ccccc1. The van der Waals surface area contributed by atoms with Crippen molar-refractivity contribution in [2.75, 3.05) is 29.1 Å². The Balaban J connectivity index is 1.41. The molecule has 0 atom stereocenters. The van der Waals surface area contributed by atoms with E-state index in [-0.39, 0.29) is 11.8 Å². The molecule has 1 aliphatic rings. The highest BCUT2D eigenvalue weighted by Gasteiger charge is 2.25. The van der Waals surface area contributed by atoms with E-state index in [1.54, 1.807) is 11.0 Å². The van der Waals surface area contributed by atoms with Crippen LogP contribution in [-0.4, -0.2) is 29.3 Å². The number of hydrogen-bond donors (Lipinski definition) is 2. The second-order valence-electron chi connectivity index (χ2n) is 7.67. The van der Waals surface area contributed by atoms with Gasteiger partial charge >= 0.3 is 5.88 Å². The first-order valence-corrected chi connectivity index (χ1v) is 11.1. The molecule has 0 spiro atoms. The quantitative estimate of drug-likeness (QED) is 0.476. The van der Waals surface area contributed by atoms with Crippen molar-refractivity contribution in [3.05, 3.63) is 53.0 Å². The first-order chi connectivity index (χ1) is 15.1. The smallest absolute Gasteiger partial charge is 0.306 e. The number of nitrogens with one attached hydrogen (secondary N) is 1. The number of piperidine rings is 1. The number of thiophene rings is 1. The molecule has 0 unspecified atom stereocenters. The van der Waals surface area contributed by atoms with Crippen LogP contribution in [-0.2, 0) is 0 Å². The fourth-order valence-corrected chi connectivity index (χ4v) is 4.85. The van der Waals surface area contributed by atoms with Crippen LogP contribution in [0.25, 0.3) is 21.5 Å². The molecule has 5 rings (SSSR count). The highest BCUT2D eigenvalue weighted by molar-refractivity contribution is 7.21. The third kappa shape index (κ3) is 3.72. The van der Waals surface area contributed by atoms with Crippen molar-refractivity contribution in [3.8, 4) is 11.3 Å². The fourth-order valence-electron chi connectivity index (χ4n) is 3.88. The zero-order chi connectivity index (χ0) is 21.4. The molecule has 3 N–H and O–H groups in total. The van der Waals surface area contributed by atoms with Gasteiger partial charge in [0.05, 0.1) is 29.3 Å². The minimum Gasteiger partial charge on any atom is -0.397 e. The van der Waals surface area contributed by atoms with Gasteiger partial charge < -0.3 is 5.73 Å². The van der Waals surface area contributed by atoms with Crippen LogP contribution in [0.5, 0.6) is 0 Å². The zero-order valence-electron chi connectivity index (χ0n) is 17.2. The topological polar surface area (TPSA) is 101 Å². The number of carbonyl (C=O) groups excluding carboxylic acids is 1. The minimum atomic E-state index is -0.332. The normalized spacial score (nSPS) is 14.2. The Bertz CT molecular complexity index is 1240. The standard InChI is InChI=1S/C22H22N6O2S/c1-14-12-16-18(23)20(31-22(16)25-19(14)15-8-4-2-5-9-15)21(29)24-17-13-28(26-30-17)27-10-6-3-7-11-27/h2,4-5,8-9,12-13H,3,6-7,10-11H2,1H3,(H2-,23,24,26,29)/p+1. The van der Waals surface area contributed by atoms with E-state index in [0.29, 0.717) is 10.6 Å². The molecule has 158 valence electrons. The van der Waals surface area contributed by atoms with E-state index >= 15 is 0 Å². The van der Waals surface area contributed by atoms with Gasteiger partial charge in [-0.2, -0.15) is 5.01 Å². The molecular weight excluding hydrogens is 412 g/mol. The second-order valence-corrected chi connectivity index (χ2v) is 8.67. The number of amides is 1. The maximum Gasteiger partial charge on any atom is 0.306 e. The average molecular weight is 436 g/mol. The molecular formula is C22H23N6O2S+. The predicted molar refractivity (Wildman–Crippen MR) is 121 cm³/mol. The summed E-state index contributed by atoms with van der Waals surface area (Å²) in [5.74, 6) is -0.0529. The molecule has 9 heteroatoms. The minimum absolute atomic E-state index is 0.279. The van der Waals surface area contributed by atoms with E-state index in [2.05, 4.69) is 15.6 Å². The van der Waals surface area contributed by atoms with E-state index in [4.69, 9.17) is 15.2 Å². The number of aryl methyl sites for hydroxylation is 1. The summed E-state index contributed by atoms with van der Waals surface area (Å²) in [4.78, 5) is 20.5. The number of aromatic nitrogens is 3. The Morgan fingerprint density at radius 3 is 2.77 bits per heavy atom. The largest absolute Gasteiger partial charge is 0.397 e. The average Bonchev–Trinajstić information content (AvgIpc) is 3.39. The Morgan fingerprint density at radius 2 is 2.00 bits per heavy atom.